The molecule has 2 aromatic carbocycles. The van der Waals surface area contributed by atoms with E-state index in [9.17, 15) is 18.0 Å². The molecule has 2 aromatic heterocycles. The molecule has 0 spiro atoms. The van der Waals surface area contributed by atoms with Crippen molar-refractivity contribution in [1.82, 2.24) is 15.0 Å². The molecule has 2 heterocycles. The number of ether oxygens (including phenoxy) is 2. The Balaban J connectivity index is 1.88. The molecule has 0 atom stereocenters. The molecule has 148 valence electrons. The second kappa shape index (κ2) is 6.66. The number of rotatable bonds is 3. The van der Waals surface area contributed by atoms with Crippen LogP contribution in [0.25, 0.3) is 33.3 Å². The molecule has 0 fully saturated rings. The number of methoxy groups -OCH3 is 1. The number of aromatic nitrogens is 3. The molecule has 29 heavy (non-hydrogen) atoms. The summed E-state index contributed by atoms with van der Waals surface area (Å²) in [6, 6.07) is 9.86. The summed E-state index contributed by atoms with van der Waals surface area (Å²) in [6.45, 7) is 0. The highest BCUT2D eigenvalue weighted by Gasteiger charge is 2.33. The molecular formula is C19H12F3N3O4. The van der Waals surface area contributed by atoms with Crippen LogP contribution >= 0.6 is 0 Å². The summed E-state index contributed by atoms with van der Waals surface area (Å²) in [5, 5.41) is 9.14. The monoisotopic (exact) mass is 403 g/mol. The van der Waals surface area contributed by atoms with Gasteiger partial charge >= 0.3 is 12.3 Å². The van der Waals surface area contributed by atoms with Crippen molar-refractivity contribution >= 4 is 28.1 Å². The highest BCUT2D eigenvalue weighted by Crippen LogP contribution is 2.36. The fourth-order valence-corrected chi connectivity index (χ4v) is 3.00. The fourth-order valence-electron chi connectivity index (χ4n) is 3.00. The smallest absolute Gasteiger partial charge is 0.494 e. The lowest BCUT2D eigenvalue weighted by molar-refractivity contribution is -0.140. The van der Waals surface area contributed by atoms with E-state index >= 15 is 0 Å². The van der Waals surface area contributed by atoms with Crippen LogP contribution in [0.5, 0.6) is 11.5 Å². The van der Waals surface area contributed by atoms with Crippen molar-refractivity contribution in [3.8, 4) is 22.9 Å². The fraction of sp³-hybridized carbons (Fsp3) is 0.105. The molecule has 0 saturated heterocycles. The minimum Gasteiger partial charge on any atom is -0.494 e. The van der Waals surface area contributed by atoms with Gasteiger partial charge in [0.15, 0.2) is 0 Å². The first kappa shape index (κ1) is 18.5. The predicted molar refractivity (Wildman–Crippen MR) is 97.0 cm³/mol. The molecule has 4 rings (SSSR count). The molecule has 10 heteroatoms. The number of aromatic amines is 1. The Morgan fingerprint density at radius 2 is 1.90 bits per heavy atom. The zero-order valence-corrected chi connectivity index (χ0v) is 14.7. The predicted octanol–water partition coefficient (Wildman–Crippen LogP) is 4.86. The summed E-state index contributed by atoms with van der Waals surface area (Å²) >= 11 is 0. The van der Waals surface area contributed by atoms with E-state index < -0.39 is 18.0 Å². The normalized spacial score (nSPS) is 11.7. The van der Waals surface area contributed by atoms with Crippen LogP contribution in [0.3, 0.4) is 0 Å². The Labute approximate surface area is 160 Å². The van der Waals surface area contributed by atoms with Crippen molar-refractivity contribution in [2.75, 3.05) is 7.11 Å². The third-order valence-corrected chi connectivity index (χ3v) is 4.24. The lowest BCUT2D eigenvalue weighted by Crippen LogP contribution is -2.08. The second-order valence-electron chi connectivity index (χ2n) is 6.04. The minimum absolute atomic E-state index is 0.0511. The lowest BCUT2D eigenvalue weighted by Gasteiger charge is -2.11. The summed E-state index contributed by atoms with van der Waals surface area (Å²) in [6.07, 6.45) is -6.04. The highest BCUT2D eigenvalue weighted by atomic mass is 19.4. The number of carbonyl (C=O) groups is 1. The Morgan fingerprint density at radius 3 is 2.59 bits per heavy atom. The number of benzene rings is 2. The molecular weight excluding hydrogens is 391 g/mol. The average molecular weight is 403 g/mol. The van der Waals surface area contributed by atoms with E-state index in [0.29, 0.717) is 27.8 Å². The summed E-state index contributed by atoms with van der Waals surface area (Å²) in [7, 11) is 1.35. The number of alkyl halides is 3. The molecule has 2 N–H and O–H groups in total. The zero-order chi connectivity index (χ0) is 20.8. The van der Waals surface area contributed by atoms with Crippen molar-refractivity contribution in [2.45, 2.75) is 6.18 Å². The van der Waals surface area contributed by atoms with Gasteiger partial charge < -0.3 is 19.6 Å². The minimum atomic E-state index is -4.59. The first-order valence-electron chi connectivity index (χ1n) is 8.22. The van der Waals surface area contributed by atoms with Gasteiger partial charge in [0.1, 0.15) is 28.5 Å². The number of fused-ring (bicyclic) bond motifs is 2. The molecule has 0 aliphatic heterocycles. The van der Waals surface area contributed by atoms with Crippen LogP contribution in [-0.2, 0) is 6.18 Å². The summed E-state index contributed by atoms with van der Waals surface area (Å²) in [4.78, 5) is 21.9. The number of nitrogens with zero attached hydrogens (tertiary/aromatic N) is 2. The Bertz CT molecular complexity index is 1250. The number of nitrogens with one attached hydrogen (secondary N) is 1. The van der Waals surface area contributed by atoms with E-state index in [4.69, 9.17) is 9.84 Å². The SMILES string of the molecule is COc1ccc(-c2nc3ccc(OC(=O)O)cc3[nH]2)c2ccc(C(F)(F)F)nc12. The van der Waals surface area contributed by atoms with Crippen molar-refractivity contribution in [2.24, 2.45) is 0 Å². The quantitative estimate of drug-likeness (QED) is 0.374. The molecule has 0 amide bonds. The molecule has 0 saturated carbocycles. The molecule has 0 radical (unpaired) electrons. The average Bonchev–Trinajstić information content (AvgIpc) is 3.08. The van der Waals surface area contributed by atoms with Crippen LogP contribution in [-0.4, -0.2) is 33.3 Å². The number of hydrogen-bond donors (Lipinski definition) is 2. The second-order valence-corrected chi connectivity index (χ2v) is 6.04. The van der Waals surface area contributed by atoms with Crippen LogP contribution in [0.2, 0.25) is 0 Å². The lowest BCUT2D eigenvalue weighted by atomic mass is 10.1. The van der Waals surface area contributed by atoms with Crippen LogP contribution in [0, 0.1) is 0 Å². The van der Waals surface area contributed by atoms with E-state index in [1.807, 2.05) is 0 Å². The van der Waals surface area contributed by atoms with E-state index in [0.717, 1.165) is 6.07 Å². The molecule has 4 aromatic rings. The van der Waals surface area contributed by atoms with Gasteiger partial charge in [-0.2, -0.15) is 13.2 Å². The van der Waals surface area contributed by atoms with Crippen LogP contribution in [0.4, 0.5) is 18.0 Å². The topological polar surface area (TPSA) is 97.3 Å². The maximum Gasteiger partial charge on any atom is 0.511 e. The number of H-pyrrole nitrogens is 1. The van der Waals surface area contributed by atoms with Crippen molar-refractivity contribution < 1.29 is 32.5 Å². The molecule has 7 nitrogen and oxygen atoms in total. The third kappa shape index (κ3) is 3.40. The van der Waals surface area contributed by atoms with Gasteiger partial charge in [-0.1, -0.05) is 0 Å². The van der Waals surface area contributed by atoms with E-state index in [2.05, 4.69) is 19.7 Å². The summed E-state index contributed by atoms with van der Waals surface area (Å²) < 4.78 is 49.0. The maximum atomic E-state index is 13.1. The molecule has 0 bridgehead atoms. The number of hydrogen-bond acceptors (Lipinski definition) is 5. The third-order valence-electron chi connectivity index (χ3n) is 4.24. The van der Waals surface area contributed by atoms with E-state index in [-0.39, 0.29) is 17.0 Å². The standard InChI is InChI=1S/C19H12F3N3O4/c1-28-14-6-3-11(10-4-7-15(19(20,21)22)25-16(10)14)17-23-12-5-2-9(29-18(26)27)8-13(12)24-17/h2-8H,1H3,(H,23,24)(H,26,27). The van der Waals surface area contributed by atoms with Crippen molar-refractivity contribution in [3.05, 3.63) is 48.2 Å². The van der Waals surface area contributed by atoms with E-state index in [1.165, 1.54) is 31.4 Å². The van der Waals surface area contributed by atoms with Crippen molar-refractivity contribution in [1.29, 1.82) is 0 Å². The Morgan fingerprint density at radius 1 is 1.10 bits per heavy atom. The van der Waals surface area contributed by atoms with Gasteiger partial charge in [0.2, 0.25) is 0 Å². The summed E-state index contributed by atoms with van der Waals surface area (Å²) in [5.74, 6) is 0.682. The van der Waals surface area contributed by atoms with Crippen LogP contribution in [0.1, 0.15) is 5.69 Å². The van der Waals surface area contributed by atoms with E-state index in [1.54, 1.807) is 12.1 Å². The first-order valence-corrected chi connectivity index (χ1v) is 8.22. The number of imidazole rings is 1. The maximum absolute atomic E-state index is 13.1. The van der Waals surface area contributed by atoms with Gasteiger partial charge in [-0.25, -0.2) is 14.8 Å². The molecule has 0 aliphatic rings. The van der Waals surface area contributed by atoms with Crippen molar-refractivity contribution in [3.63, 3.8) is 0 Å². The number of halogens is 3. The van der Waals surface area contributed by atoms with Gasteiger partial charge in [-0.3, -0.25) is 0 Å². The Kier molecular flexibility index (Phi) is 4.26. The van der Waals surface area contributed by atoms with Gasteiger partial charge in [0, 0.05) is 17.0 Å². The summed E-state index contributed by atoms with van der Waals surface area (Å²) in [5.41, 5.74) is 0.568. The van der Waals surface area contributed by atoms with Gasteiger partial charge in [0.25, 0.3) is 0 Å². The number of pyridine rings is 1. The van der Waals surface area contributed by atoms with Crippen LogP contribution in [0.15, 0.2) is 42.5 Å². The Hall–Kier alpha value is -3.82. The molecule has 0 unspecified atom stereocenters. The largest absolute Gasteiger partial charge is 0.511 e. The van der Waals surface area contributed by atoms with Crippen LogP contribution < -0.4 is 9.47 Å². The van der Waals surface area contributed by atoms with Gasteiger partial charge in [-0.05, 0) is 36.4 Å². The first-order chi connectivity index (χ1) is 13.8. The zero-order valence-electron chi connectivity index (χ0n) is 14.7. The van der Waals surface area contributed by atoms with Gasteiger partial charge in [-0.15, -0.1) is 0 Å². The molecule has 0 aliphatic carbocycles. The highest BCUT2D eigenvalue weighted by molar-refractivity contribution is 5.98. The van der Waals surface area contributed by atoms with Gasteiger partial charge in [0.05, 0.1) is 18.1 Å². The number of carboxylic acid groups (broad SMARTS) is 1.